The monoisotopic (exact) mass is 238 g/mol. The smallest absolute Gasteiger partial charge is 0.245 e. The molecule has 0 heterocycles. The fourth-order valence-corrected chi connectivity index (χ4v) is 1.55. The van der Waals surface area contributed by atoms with Crippen molar-refractivity contribution in [2.45, 2.75) is 25.8 Å². The molecule has 94 valence electrons. The first-order chi connectivity index (χ1) is 8.13. The van der Waals surface area contributed by atoms with Crippen molar-refractivity contribution < 1.29 is 14.7 Å². The summed E-state index contributed by atoms with van der Waals surface area (Å²) >= 11 is 0. The van der Waals surface area contributed by atoms with Gasteiger partial charge < -0.3 is 15.7 Å². The Kier molecular flexibility index (Phi) is 5.42. The van der Waals surface area contributed by atoms with Crippen LogP contribution >= 0.6 is 0 Å². The molecule has 0 saturated heterocycles. The van der Waals surface area contributed by atoms with E-state index in [1.54, 1.807) is 0 Å². The molecule has 0 unspecified atom stereocenters. The highest BCUT2D eigenvalue weighted by molar-refractivity contribution is 5.87. The first-order valence-corrected chi connectivity index (χ1v) is 5.64. The van der Waals surface area contributed by atoms with Crippen LogP contribution in [-0.2, 0) is 9.59 Å². The van der Waals surface area contributed by atoms with Crippen molar-refractivity contribution in [1.82, 2.24) is 10.6 Å². The molecule has 0 aromatic heterocycles. The van der Waals surface area contributed by atoms with Crippen LogP contribution in [0.15, 0.2) is 23.8 Å². The van der Waals surface area contributed by atoms with E-state index in [9.17, 15) is 9.59 Å². The molecule has 1 aliphatic rings. The predicted octanol–water partition coefficient (Wildman–Crippen LogP) is -0.124. The van der Waals surface area contributed by atoms with Gasteiger partial charge in [-0.1, -0.05) is 18.2 Å². The lowest BCUT2D eigenvalue weighted by atomic mass is 10.1. The van der Waals surface area contributed by atoms with Crippen molar-refractivity contribution >= 4 is 11.8 Å². The molecule has 0 aliphatic heterocycles. The lowest BCUT2D eigenvalue weighted by molar-refractivity contribution is -0.128. The van der Waals surface area contributed by atoms with E-state index in [0.29, 0.717) is 6.54 Å². The molecule has 0 radical (unpaired) electrons. The molecule has 2 amide bonds. The Hall–Kier alpha value is -1.62. The van der Waals surface area contributed by atoms with Crippen LogP contribution in [0.5, 0.6) is 0 Å². The van der Waals surface area contributed by atoms with E-state index >= 15 is 0 Å². The molecule has 5 nitrogen and oxygen atoms in total. The minimum atomic E-state index is -0.874. The molecule has 1 aliphatic carbocycles. The Labute approximate surface area is 101 Å². The van der Waals surface area contributed by atoms with Crippen molar-refractivity contribution in [2.75, 3.05) is 13.2 Å². The Bertz CT molecular complexity index is 348. The zero-order valence-electron chi connectivity index (χ0n) is 9.90. The molecule has 0 fully saturated rings. The van der Waals surface area contributed by atoms with E-state index in [0.717, 1.165) is 18.4 Å². The summed E-state index contributed by atoms with van der Waals surface area (Å²) < 4.78 is 0. The standard InChI is InChI=1S/C12H18N2O3/c1-9(16)14-11(8-15)12(17)13-7-10-5-3-2-4-6-10/h3,5-6,11,15H,2,4,7-8H2,1H3,(H,13,17)(H,14,16)/t11-/m1/s1. The third kappa shape index (κ3) is 4.82. The van der Waals surface area contributed by atoms with E-state index in [2.05, 4.69) is 22.8 Å². The van der Waals surface area contributed by atoms with Crippen LogP contribution in [0.1, 0.15) is 19.8 Å². The van der Waals surface area contributed by atoms with Gasteiger partial charge in [0.25, 0.3) is 0 Å². The molecule has 0 bridgehead atoms. The molecular formula is C12H18N2O3. The second-order valence-electron chi connectivity index (χ2n) is 3.91. The van der Waals surface area contributed by atoms with Gasteiger partial charge in [0, 0.05) is 13.5 Å². The summed E-state index contributed by atoms with van der Waals surface area (Å²) in [6.45, 7) is 1.33. The van der Waals surface area contributed by atoms with Gasteiger partial charge in [-0.05, 0) is 18.4 Å². The summed E-state index contributed by atoms with van der Waals surface area (Å²) in [5, 5.41) is 14.0. The average molecular weight is 238 g/mol. The van der Waals surface area contributed by atoms with Crippen LogP contribution in [0.4, 0.5) is 0 Å². The van der Waals surface area contributed by atoms with Crippen molar-refractivity contribution in [3.8, 4) is 0 Å². The Morgan fingerprint density at radius 2 is 2.24 bits per heavy atom. The number of amides is 2. The minimum absolute atomic E-state index is 0.337. The van der Waals surface area contributed by atoms with Gasteiger partial charge in [0.1, 0.15) is 6.04 Å². The highest BCUT2D eigenvalue weighted by Gasteiger charge is 2.17. The first kappa shape index (κ1) is 13.4. The Morgan fingerprint density at radius 1 is 1.47 bits per heavy atom. The number of aliphatic hydroxyl groups is 1. The number of aliphatic hydroxyl groups excluding tert-OH is 1. The van der Waals surface area contributed by atoms with Gasteiger partial charge in [-0.2, -0.15) is 0 Å². The quantitative estimate of drug-likeness (QED) is 0.624. The maximum Gasteiger partial charge on any atom is 0.245 e. The number of nitrogens with one attached hydrogen (secondary N) is 2. The van der Waals surface area contributed by atoms with Crippen molar-refractivity contribution in [1.29, 1.82) is 0 Å². The van der Waals surface area contributed by atoms with Crippen LogP contribution in [0.3, 0.4) is 0 Å². The van der Waals surface area contributed by atoms with Crippen LogP contribution in [0.25, 0.3) is 0 Å². The second-order valence-corrected chi connectivity index (χ2v) is 3.91. The van der Waals surface area contributed by atoms with Crippen molar-refractivity contribution in [2.24, 2.45) is 0 Å². The van der Waals surface area contributed by atoms with Gasteiger partial charge in [0.05, 0.1) is 6.61 Å². The maximum absolute atomic E-state index is 11.6. The highest BCUT2D eigenvalue weighted by Crippen LogP contribution is 2.08. The SMILES string of the molecule is CC(=O)N[C@H](CO)C(=O)NCC1=CCCC=C1. The summed E-state index contributed by atoms with van der Waals surface area (Å²) in [7, 11) is 0. The number of rotatable bonds is 5. The van der Waals surface area contributed by atoms with Crippen LogP contribution in [0.2, 0.25) is 0 Å². The fraction of sp³-hybridized carbons (Fsp3) is 0.500. The number of carbonyl (C=O) groups excluding carboxylic acids is 2. The third-order valence-corrected chi connectivity index (χ3v) is 2.42. The van der Waals surface area contributed by atoms with Crippen LogP contribution in [0, 0.1) is 0 Å². The van der Waals surface area contributed by atoms with E-state index < -0.39 is 12.6 Å². The highest BCUT2D eigenvalue weighted by atomic mass is 16.3. The normalized spacial score (nSPS) is 16.0. The summed E-state index contributed by atoms with van der Waals surface area (Å²) in [5.41, 5.74) is 1.05. The van der Waals surface area contributed by atoms with Gasteiger partial charge in [0.15, 0.2) is 0 Å². The fourth-order valence-electron chi connectivity index (χ4n) is 1.55. The molecule has 0 aromatic carbocycles. The molecule has 3 N–H and O–H groups in total. The maximum atomic E-state index is 11.6. The third-order valence-electron chi connectivity index (χ3n) is 2.42. The average Bonchev–Trinajstić information content (AvgIpc) is 2.34. The van der Waals surface area contributed by atoms with E-state index in [1.807, 2.05) is 6.08 Å². The van der Waals surface area contributed by atoms with Gasteiger partial charge >= 0.3 is 0 Å². The summed E-state index contributed by atoms with van der Waals surface area (Å²) in [4.78, 5) is 22.4. The van der Waals surface area contributed by atoms with E-state index in [-0.39, 0.29) is 11.8 Å². The number of allylic oxidation sites excluding steroid dienone is 2. The van der Waals surface area contributed by atoms with E-state index in [1.165, 1.54) is 6.92 Å². The molecule has 5 heteroatoms. The molecule has 0 aromatic rings. The molecule has 1 rings (SSSR count). The van der Waals surface area contributed by atoms with Crippen LogP contribution in [-0.4, -0.2) is 36.1 Å². The lowest BCUT2D eigenvalue weighted by Crippen LogP contribution is -2.48. The molecular weight excluding hydrogens is 220 g/mol. The van der Waals surface area contributed by atoms with Crippen molar-refractivity contribution in [3.05, 3.63) is 23.8 Å². The zero-order chi connectivity index (χ0) is 12.7. The number of carbonyl (C=O) groups is 2. The van der Waals surface area contributed by atoms with Crippen molar-refractivity contribution in [3.63, 3.8) is 0 Å². The van der Waals surface area contributed by atoms with Crippen LogP contribution < -0.4 is 10.6 Å². The van der Waals surface area contributed by atoms with Gasteiger partial charge in [0.2, 0.25) is 11.8 Å². The van der Waals surface area contributed by atoms with E-state index in [4.69, 9.17) is 5.11 Å². The zero-order valence-corrected chi connectivity index (χ0v) is 9.90. The molecule has 0 saturated carbocycles. The lowest BCUT2D eigenvalue weighted by Gasteiger charge is -2.15. The first-order valence-electron chi connectivity index (χ1n) is 5.64. The summed E-state index contributed by atoms with van der Waals surface area (Å²) in [5.74, 6) is -0.710. The second kappa shape index (κ2) is 6.85. The summed E-state index contributed by atoms with van der Waals surface area (Å²) in [6, 6.07) is -0.874. The topological polar surface area (TPSA) is 78.4 Å². The predicted molar refractivity (Wildman–Crippen MR) is 64.2 cm³/mol. The summed E-state index contributed by atoms with van der Waals surface area (Å²) in [6.07, 6.45) is 8.10. The Morgan fingerprint density at radius 3 is 2.76 bits per heavy atom. The molecule has 0 spiro atoms. The number of hydrogen-bond donors (Lipinski definition) is 3. The van der Waals surface area contributed by atoms with Gasteiger partial charge in [-0.15, -0.1) is 0 Å². The molecule has 17 heavy (non-hydrogen) atoms. The number of hydrogen-bond acceptors (Lipinski definition) is 3. The Balaban J connectivity index is 2.39. The largest absolute Gasteiger partial charge is 0.394 e. The minimum Gasteiger partial charge on any atom is -0.394 e. The van der Waals surface area contributed by atoms with Gasteiger partial charge in [-0.25, -0.2) is 0 Å². The molecule has 1 atom stereocenters. The van der Waals surface area contributed by atoms with Gasteiger partial charge in [-0.3, -0.25) is 9.59 Å².